The van der Waals surface area contributed by atoms with Crippen molar-refractivity contribution in [1.82, 2.24) is 15.0 Å². The SMILES string of the molecule is c1ccc(-c2ccc(N(c3ccc(-c4ccccc4)cc3)c3ccc4c5ccccc5c5cc(-c6nc(-c7ccccc7)nc(-c7ccccc7)n6)ccc5c4c3)cc2)cc1. The van der Waals surface area contributed by atoms with Crippen molar-refractivity contribution in [2.45, 2.75) is 0 Å². The van der Waals surface area contributed by atoms with Crippen molar-refractivity contribution < 1.29 is 0 Å². The molecule has 11 aromatic rings. The smallest absolute Gasteiger partial charge is 0.164 e. The Balaban J connectivity index is 1.08. The van der Waals surface area contributed by atoms with E-state index < -0.39 is 0 Å². The van der Waals surface area contributed by atoms with Gasteiger partial charge in [0, 0.05) is 33.8 Å². The van der Waals surface area contributed by atoms with E-state index in [2.05, 4.69) is 175 Å². The van der Waals surface area contributed by atoms with Crippen LogP contribution in [0, 0.1) is 0 Å². The van der Waals surface area contributed by atoms with E-state index in [1.165, 1.54) is 49.2 Å². The van der Waals surface area contributed by atoms with Crippen LogP contribution in [0.4, 0.5) is 17.1 Å². The fourth-order valence-electron chi connectivity index (χ4n) is 8.47. The molecular weight excluding hydrogens is 741 g/mol. The second-order valence-corrected chi connectivity index (χ2v) is 15.2. The molecule has 286 valence electrons. The third-order valence-corrected chi connectivity index (χ3v) is 11.5. The molecule has 10 aromatic carbocycles. The Morgan fingerprint density at radius 1 is 0.213 bits per heavy atom. The van der Waals surface area contributed by atoms with Gasteiger partial charge in [0.05, 0.1) is 0 Å². The van der Waals surface area contributed by atoms with Gasteiger partial charge in [-0.1, -0.05) is 188 Å². The molecule has 0 saturated heterocycles. The van der Waals surface area contributed by atoms with E-state index in [1.807, 2.05) is 60.7 Å². The first kappa shape index (κ1) is 35.9. The highest BCUT2D eigenvalue weighted by Gasteiger charge is 2.18. The Kier molecular flexibility index (Phi) is 9.14. The van der Waals surface area contributed by atoms with Gasteiger partial charge in [0.15, 0.2) is 17.5 Å². The van der Waals surface area contributed by atoms with E-state index in [4.69, 9.17) is 15.0 Å². The maximum atomic E-state index is 5.08. The van der Waals surface area contributed by atoms with Gasteiger partial charge in [0.1, 0.15) is 0 Å². The van der Waals surface area contributed by atoms with Crippen LogP contribution in [0.15, 0.2) is 231 Å². The highest BCUT2D eigenvalue weighted by Crippen LogP contribution is 2.42. The van der Waals surface area contributed by atoms with Crippen molar-refractivity contribution in [3.63, 3.8) is 0 Å². The van der Waals surface area contributed by atoms with Gasteiger partial charge in [-0.25, -0.2) is 15.0 Å². The van der Waals surface area contributed by atoms with Crippen LogP contribution < -0.4 is 4.90 Å². The minimum atomic E-state index is 0.636. The summed E-state index contributed by atoms with van der Waals surface area (Å²) in [7, 11) is 0. The zero-order valence-electron chi connectivity index (χ0n) is 33.2. The molecule has 0 saturated carbocycles. The number of rotatable bonds is 8. The zero-order valence-corrected chi connectivity index (χ0v) is 33.2. The molecule has 0 unspecified atom stereocenters. The Hall–Kier alpha value is -8.21. The Morgan fingerprint density at radius 3 is 1.02 bits per heavy atom. The molecule has 0 aliphatic carbocycles. The maximum Gasteiger partial charge on any atom is 0.164 e. The standard InChI is InChI=1S/C57H38N4/c1-5-15-39(16-6-1)41-25-30-46(31-26-41)61(47-32-27-42(28-33-47)40-17-7-2-8-18-40)48-34-36-51-49-23-13-14-24-50(49)53-37-45(29-35-52(53)54(51)38-48)57-59-55(43-19-9-3-10-20-43)58-56(60-57)44-21-11-4-12-22-44/h1-38H. The van der Waals surface area contributed by atoms with Crippen LogP contribution in [0.2, 0.25) is 0 Å². The second-order valence-electron chi connectivity index (χ2n) is 15.2. The topological polar surface area (TPSA) is 41.9 Å². The van der Waals surface area contributed by atoms with Gasteiger partial charge in [-0.15, -0.1) is 0 Å². The van der Waals surface area contributed by atoms with Gasteiger partial charge in [-0.2, -0.15) is 0 Å². The van der Waals surface area contributed by atoms with Crippen LogP contribution in [0.25, 0.3) is 88.7 Å². The van der Waals surface area contributed by atoms with E-state index in [-0.39, 0.29) is 0 Å². The molecule has 4 heteroatoms. The molecule has 4 nitrogen and oxygen atoms in total. The van der Waals surface area contributed by atoms with Crippen LogP contribution in [0.5, 0.6) is 0 Å². The van der Waals surface area contributed by atoms with Gasteiger partial charge in [0.25, 0.3) is 0 Å². The summed E-state index contributed by atoms with van der Waals surface area (Å²) in [6.07, 6.45) is 0. The minimum absolute atomic E-state index is 0.636. The molecule has 0 bridgehead atoms. The molecule has 0 spiro atoms. The first-order valence-corrected chi connectivity index (χ1v) is 20.6. The average Bonchev–Trinajstić information content (AvgIpc) is 3.35. The van der Waals surface area contributed by atoms with Crippen LogP contribution in [-0.4, -0.2) is 15.0 Å². The summed E-state index contributed by atoms with van der Waals surface area (Å²) in [4.78, 5) is 17.5. The number of hydrogen-bond acceptors (Lipinski definition) is 4. The molecule has 1 heterocycles. The van der Waals surface area contributed by atoms with Gasteiger partial charge in [0.2, 0.25) is 0 Å². The quantitative estimate of drug-likeness (QED) is 0.144. The Labute approximate surface area is 354 Å². The first-order chi connectivity index (χ1) is 30.2. The fraction of sp³-hybridized carbons (Fsp3) is 0. The summed E-state index contributed by atoms with van der Waals surface area (Å²) in [5.74, 6) is 1.93. The number of nitrogens with zero attached hydrogens (tertiary/aromatic N) is 4. The number of anilines is 3. The molecule has 0 atom stereocenters. The molecule has 0 N–H and O–H groups in total. The predicted molar refractivity (Wildman–Crippen MR) is 254 cm³/mol. The lowest BCUT2D eigenvalue weighted by Crippen LogP contribution is -2.10. The summed E-state index contributed by atoms with van der Waals surface area (Å²) in [5, 5.41) is 7.08. The minimum Gasteiger partial charge on any atom is -0.310 e. The normalized spacial score (nSPS) is 11.3. The number of fused-ring (bicyclic) bond motifs is 6. The Morgan fingerprint density at radius 2 is 0.525 bits per heavy atom. The first-order valence-electron chi connectivity index (χ1n) is 20.6. The second kappa shape index (κ2) is 15.5. The molecule has 1 aromatic heterocycles. The Bertz CT molecular complexity index is 3170. The van der Waals surface area contributed by atoms with E-state index in [1.54, 1.807) is 0 Å². The maximum absolute atomic E-state index is 5.08. The average molecular weight is 779 g/mol. The fourth-order valence-corrected chi connectivity index (χ4v) is 8.47. The van der Waals surface area contributed by atoms with Gasteiger partial charge >= 0.3 is 0 Å². The summed E-state index contributed by atoms with van der Waals surface area (Å²) < 4.78 is 0. The molecule has 11 rings (SSSR count). The third kappa shape index (κ3) is 6.86. The molecular formula is C57H38N4. The van der Waals surface area contributed by atoms with E-state index in [9.17, 15) is 0 Å². The molecule has 61 heavy (non-hydrogen) atoms. The zero-order chi connectivity index (χ0) is 40.5. The predicted octanol–water partition coefficient (Wildman–Crippen LogP) is 15.1. The molecule has 0 aliphatic rings. The van der Waals surface area contributed by atoms with Crippen LogP contribution >= 0.6 is 0 Å². The van der Waals surface area contributed by atoms with Crippen LogP contribution in [0.1, 0.15) is 0 Å². The van der Waals surface area contributed by atoms with E-state index in [0.29, 0.717) is 17.5 Å². The molecule has 0 aliphatic heterocycles. The number of benzene rings is 10. The summed E-state index contributed by atoms with van der Waals surface area (Å²) in [6.45, 7) is 0. The van der Waals surface area contributed by atoms with Gasteiger partial charge in [-0.3, -0.25) is 0 Å². The van der Waals surface area contributed by atoms with Crippen molar-refractivity contribution in [2.24, 2.45) is 0 Å². The van der Waals surface area contributed by atoms with Crippen molar-refractivity contribution in [3.8, 4) is 56.4 Å². The number of aromatic nitrogens is 3. The summed E-state index contributed by atoms with van der Waals surface area (Å²) >= 11 is 0. The summed E-state index contributed by atoms with van der Waals surface area (Å²) in [5.41, 5.74) is 10.8. The lowest BCUT2D eigenvalue weighted by atomic mass is 9.92. The van der Waals surface area contributed by atoms with Crippen molar-refractivity contribution >= 4 is 49.4 Å². The van der Waals surface area contributed by atoms with Gasteiger partial charge < -0.3 is 4.90 Å². The highest BCUT2D eigenvalue weighted by molar-refractivity contribution is 6.26. The largest absolute Gasteiger partial charge is 0.310 e. The third-order valence-electron chi connectivity index (χ3n) is 11.5. The van der Waals surface area contributed by atoms with Gasteiger partial charge in [-0.05, 0) is 97.0 Å². The van der Waals surface area contributed by atoms with Crippen molar-refractivity contribution in [3.05, 3.63) is 231 Å². The molecule has 0 radical (unpaired) electrons. The van der Waals surface area contributed by atoms with E-state index in [0.717, 1.165) is 39.1 Å². The molecule has 0 fully saturated rings. The summed E-state index contributed by atoms with van der Waals surface area (Å²) in [6, 6.07) is 81.4. The highest BCUT2D eigenvalue weighted by atomic mass is 15.1. The number of hydrogen-bond donors (Lipinski definition) is 0. The van der Waals surface area contributed by atoms with Crippen LogP contribution in [0.3, 0.4) is 0 Å². The monoisotopic (exact) mass is 778 g/mol. The van der Waals surface area contributed by atoms with Crippen molar-refractivity contribution in [1.29, 1.82) is 0 Å². The van der Waals surface area contributed by atoms with E-state index >= 15 is 0 Å². The van der Waals surface area contributed by atoms with Crippen molar-refractivity contribution in [2.75, 3.05) is 4.90 Å². The lowest BCUT2D eigenvalue weighted by Gasteiger charge is -2.27. The lowest BCUT2D eigenvalue weighted by molar-refractivity contribution is 1.07. The van der Waals surface area contributed by atoms with Crippen LogP contribution in [-0.2, 0) is 0 Å². The molecule has 0 amide bonds.